The van der Waals surface area contributed by atoms with Crippen LogP contribution in [0.4, 0.5) is 0 Å². The number of aromatic nitrogens is 2. The number of para-hydroxylation sites is 2. The van der Waals surface area contributed by atoms with Gasteiger partial charge in [0.05, 0.1) is 22.0 Å². The molecule has 2 aromatic carbocycles. The second-order valence-electron chi connectivity index (χ2n) is 7.73. The molecule has 9 heteroatoms. The minimum atomic E-state index is -3.76. The van der Waals surface area contributed by atoms with Gasteiger partial charge in [-0.15, -0.1) is 0 Å². The molecule has 1 aromatic heterocycles. The van der Waals surface area contributed by atoms with Crippen molar-refractivity contribution in [1.82, 2.24) is 19.2 Å². The second kappa shape index (κ2) is 8.09. The van der Waals surface area contributed by atoms with E-state index < -0.39 is 21.7 Å². The largest absolute Gasteiger partial charge is 0.389 e. The van der Waals surface area contributed by atoms with E-state index in [-0.39, 0.29) is 24.5 Å². The Bertz CT molecular complexity index is 1130. The summed E-state index contributed by atoms with van der Waals surface area (Å²) < 4.78 is 28.7. The van der Waals surface area contributed by atoms with Gasteiger partial charge >= 0.3 is 0 Å². The third-order valence-electron chi connectivity index (χ3n) is 5.66. The van der Waals surface area contributed by atoms with Crippen LogP contribution in [0.15, 0.2) is 59.5 Å². The molecule has 3 N–H and O–H groups in total. The molecule has 0 bridgehead atoms. The van der Waals surface area contributed by atoms with Gasteiger partial charge in [0, 0.05) is 39.6 Å². The highest BCUT2D eigenvalue weighted by Gasteiger charge is 2.48. The van der Waals surface area contributed by atoms with Crippen LogP contribution in [0.3, 0.4) is 0 Å². The highest BCUT2D eigenvalue weighted by Crippen LogP contribution is 2.27. The third kappa shape index (κ3) is 3.86. The third-order valence-corrected chi connectivity index (χ3v) is 7.49. The fourth-order valence-electron chi connectivity index (χ4n) is 3.86. The van der Waals surface area contributed by atoms with Crippen LogP contribution in [0.1, 0.15) is 5.82 Å². The number of hydrogen-bond acceptors (Lipinski definition) is 6. The zero-order valence-electron chi connectivity index (χ0n) is 16.8. The number of nitrogens with zero attached hydrogens (tertiary/aromatic N) is 3. The highest BCUT2D eigenvalue weighted by atomic mass is 32.2. The van der Waals surface area contributed by atoms with E-state index in [0.29, 0.717) is 13.0 Å². The van der Waals surface area contributed by atoms with Crippen molar-refractivity contribution in [2.24, 2.45) is 7.05 Å². The van der Waals surface area contributed by atoms with Crippen molar-refractivity contribution in [1.29, 1.82) is 0 Å². The van der Waals surface area contributed by atoms with Crippen molar-refractivity contribution >= 4 is 21.1 Å². The smallest absolute Gasteiger partial charge is 0.243 e. The molecule has 0 saturated carbocycles. The Labute approximate surface area is 175 Å². The monoisotopic (exact) mass is 430 g/mol. The summed E-state index contributed by atoms with van der Waals surface area (Å²) in [6.07, 6.45) is -0.525. The van der Waals surface area contributed by atoms with E-state index in [9.17, 15) is 18.6 Å². The number of sulfonamides is 1. The average Bonchev–Trinajstić information content (AvgIpc) is 3.23. The Morgan fingerprint density at radius 2 is 1.87 bits per heavy atom. The Kier molecular flexibility index (Phi) is 5.65. The summed E-state index contributed by atoms with van der Waals surface area (Å²) in [5, 5.41) is 24.4. The second-order valence-corrected chi connectivity index (χ2v) is 9.67. The van der Waals surface area contributed by atoms with E-state index in [2.05, 4.69) is 10.3 Å². The molecule has 1 saturated heterocycles. The van der Waals surface area contributed by atoms with Crippen LogP contribution in [0.5, 0.6) is 0 Å². The van der Waals surface area contributed by atoms with Gasteiger partial charge in [-0.2, -0.15) is 4.31 Å². The van der Waals surface area contributed by atoms with Crippen molar-refractivity contribution in [2.45, 2.75) is 23.0 Å². The zero-order valence-corrected chi connectivity index (χ0v) is 17.6. The van der Waals surface area contributed by atoms with Crippen LogP contribution in [-0.2, 0) is 23.5 Å². The summed E-state index contributed by atoms with van der Waals surface area (Å²) in [6, 6.07) is 15.9. The molecule has 8 nitrogen and oxygen atoms in total. The predicted octanol–water partition coefficient (Wildman–Crippen LogP) is 0.502. The maximum atomic E-state index is 12.8. The normalized spacial score (nSPS) is 22.7. The summed E-state index contributed by atoms with van der Waals surface area (Å²) in [7, 11) is -1.80. The number of aliphatic hydroxyl groups is 2. The average molecular weight is 431 g/mol. The van der Waals surface area contributed by atoms with E-state index in [4.69, 9.17) is 0 Å². The molecule has 0 amide bonds. The van der Waals surface area contributed by atoms with Crippen molar-refractivity contribution in [3.63, 3.8) is 0 Å². The van der Waals surface area contributed by atoms with E-state index in [1.54, 1.807) is 18.2 Å². The number of benzene rings is 2. The molecule has 0 aliphatic carbocycles. The molecule has 2 heterocycles. The summed E-state index contributed by atoms with van der Waals surface area (Å²) in [6.45, 7) is 0.321. The van der Waals surface area contributed by atoms with Gasteiger partial charge in [-0.05, 0) is 24.3 Å². The number of nitrogens with one attached hydrogen (secondary N) is 1. The van der Waals surface area contributed by atoms with Crippen LogP contribution < -0.4 is 5.32 Å². The number of imidazole rings is 1. The Morgan fingerprint density at radius 1 is 1.17 bits per heavy atom. The van der Waals surface area contributed by atoms with Gasteiger partial charge in [0.25, 0.3) is 0 Å². The summed E-state index contributed by atoms with van der Waals surface area (Å²) in [5.74, 6) is 0.913. The minimum Gasteiger partial charge on any atom is -0.389 e. The van der Waals surface area contributed by atoms with Crippen LogP contribution in [0.2, 0.25) is 0 Å². The van der Waals surface area contributed by atoms with Crippen molar-refractivity contribution in [3.05, 3.63) is 60.4 Å². The van der Waals surface area contributed by atoms with E-state index >= 15 is 0 Å². The predicted molar refractivity (Wildman–Crippen MR) is 113 cm³/mol. The molecule has 30 heavy (non-hydrogen) atoms. The number of fused-ring (bicyclic) bond motifs is 1. The molecule has 2 atom stereocenters. The lowest BCUT2D eigenvalue weighted by molar-refractivity contribution is -0.0381. The molecule has 1 aliphatic heterocycles. The molecule has 3 aromatic rings. The van der Waals surface area contributed by atoms with E-state index in [1.807, 2.05) is 35.9 Å². The maximum Gasteiger partial charge on any atom is 0.243 e. The molecular weight excluding hydrogens is 404 g/mol. The molecule has 1 aliphatic rings. The van der Waals surface area contributed by atoms with E-state index in [0.717, 1.165) is 21.2 Å². The van der Waals surface area contributed by atoms with Crippen molar-refractivity contribution in [3.8, 4) is 0 Å². The Hall–Kier alpha value is -2.30. The quantitative estimate of drug-likeness (QED) is 0.471. The minimum absolute atomic E-state index is 0.0823. The molecule has 160 valence electrons. The lowest BCUT2D eigenvalue weighted by atomic mass is 10.0. The molecule has 4 rings (SSSR count). The molecule has 1 fully saturated rings. The SMILES string of the molecule is Cn1c(CCNC[C@]2(O)CN(S(=O)(=O)c3ccccc3)C[C@H]2O)nc2ccccc21. The molecular formula is C21H26N4O4S. The van der Waals surface area contributed by atoms with Gasteiger partial charge in [-0.25, -0.2) is 13.4 Å². The van der Waals surface area contributed by atoms with Gasteiger partial charge in [-0.1, -0.05) is 30.3 Å². The first-order valence-corrected chi connectivity index (χ1v) is 11.3. The standard InChI is InChI=1S/C21H26N4O4S/c1-24-18-10-6-5-9-17(18)23-20(24)11-12-22-14-21(27)15-25(13-19(21)26)30(28,29)16-7-3-2-4-8-16/h2-10,19,22,26-27H,11-15H2,1H3/t19-,21+/m1/s1. The van der Waals surface area contributed by atoms with Crippen LogP contribution in [0, 0.1) is 0 Å². The summed E-state index contributed by atoms with van der Waals surface area (Å²) in [4.78, 5) is 4.76. The lowest BCUT2D eigenvalue weighted by Crippen LogP contribution is -2.50. The Morgan fingerprint density at radius 3 is 2.60 bits per heavy atom. The molecule has 0 spiro atoms. The first kappa shape index (κ1) is 21.0. The number of aliphatic hydroxyl groups excluding tert-OH is 1. The summed E-state index contributed by atoms with van der Waals surface area (Å²) in [5.41, 5.74) is 0.439. The number of rotatable bonds is 7. The van der Waals surface area contributed by atoms with Crippen LogP contribution in [0.25, 0.3) is 11.0 Å². The van der Waals surface area contributed by atoms with Gasteiger partial charge < -0.3 is 20.1 Å². The topological polar surface area (TPSA) is 108 Å². The van der Waals surface area contributed by atoms with Gasteiger partial charge in [-0.3, -0.25) is 0 Å². The van der Waals surface area contributed by atoms with Crippen LogP contribution >= 0.6 is 0 Å². The summed E-state index contributed by atoms with van der Waals surface area (Å²) >= 11 is 0. The zero-order chi connectivity index (χ0) is 21.4. The Balaban J connectivity index is 1.37. The lowest BCUT2D eigenvalue weighted by Gasteiger charge is -2.26. The number of aryl methyl sites for hydroxylation is 1. The highest BCUT2D eigenvalue weighted by molar-refractivity contribution is 7.89. The van der Waals surface area contributed by atoms with Gasteiger partial charge in [0.15, 0.2) is 0 Å². The van der Waals surface area contributed by atoms with Crippen molar-refractivity contribution in [2.75, 3.05) is 26.2 Å². The number of β-amino-alcohol motifs (C(OH)–C–C–N with tert-alkyl or cyclic N) is 2. The van der Waals surface area contributed by atoms with E-state index in [1.165, 1.54) is 12.1 Å². The van der Waals surface area contributed by atoms with Gasteiger partial charge in [0.1, 0.15) is 11.4 Å². The fourth-order valence-corrected chi connectivity index (χ4v) is 5.39. The molecule has 0 radical (unpaired) electrons. The molecule has 0 unspecified atom stereocenters. The van der Waals surface area contributed by atoms with Gasteiger partial charge in [0.2, 0.25) is 10.0 Å². The fraction of sp³-hybridized carbons (Fsp3) is 0.381. The van der Waals surface area contributed by atoms with Crippen LogP contribution in [-0.4, -0.2) is 70.4 Å². The number of hydrogen-bond donors (Lipinski definition) is 3. The van der Waals surface area contributed by atoms with Crippen molar-refractivity contribution < 1.29 is 18.6 Å². The first-order valence-electron chi connectivity index (χ1n) is 9.88. The maximum absolute atomic E-state index is 12.8. The first-order chi connectivity index (χ1) is 14.3.